The number of nitrogens with one attached hydrogen (secondary N) is 1. The van der Waals surface area contributed by atoms with Crippen LogP contribution in [0.3, 0.4) is 0 Å². The normalized spacial score (nSPS) is 36.1. The second kappa shape index (κ2) is 6.34. The first-order valence-corrected chi connectivity index (χ1v) is 10.2. The molecule has 4 heterocycles. The highest BCUT2D eigenvalue weighted by Gasteiger charge is 2.61. The molecular formula is C22H26N2O4. The number of esters is 1. The number of nitrogens with zero attached hydrogens (tertiary/aromatic N) is 1. The fourth-order valence-corrected chi connectivity index (χ4v) is 5.87. The van der Waals surface area contributed by atoms with Crippen molar-refractivity contribution in [1.82, 2.24) is 4.90 Å². The molecule has 4 aliphatic heterocycles. The molecule has 1 aromatic carbocycles. The first-order valence-electron chi connectivity index (χ1n) is 10.2. The number of hydrogen-bond acceptors (Lipinski definition) is 5. The first kappa shape index (κ1) is 17.7. The Bertz CT molecular complexity index is 866. The summed E-state index contributed by atoms with van der Waals surface area (Å²) >= 11 is 0. The Morgan fingerprint density at radius 3 is 3.04 bits per heavy atom. The molecule has 0 aromatic heterocycles. The van der Waals surface area contributed by atoms with Gasteiger partial charge in [-0.05, 0) is 44.9 Å². The molecule has 1 amide bonds. The van der Waals surface area contributed by atoms with Crippen LogP contribution in [-0.4, -0.2) is 48.6 Å². The van der Waals surface area contributed by atoms with Crippen LogP contribution in [0.5, 0.6) is 0 Å². The summed E-state index contributed by atoms with van der Waals surface area (Å²) in [6.07, 6.45) is 3.23. The Labute approximate surface area is 164 Å². The van der Waals surface area contributed by atoms with Crippen molar-refractivity contribution < 1.29 is 19.1 Å². The van der Waals surface area contributed by atoms with E-state index in [2.05, 4.69) is 23.2 Å². The summed E-state index contributed by atoms with van der Waals surface area (Å²) in [7, 11) is 0. The summed E-state index contributed by atoms with van der Waals surface area (Å²) in [5, 5.41) is 3.10. The van der Waals surface area contributed by atoms with Crippen LogP contribution >= 0.6 is 0 Å². The molecule has 0 aliphatic carbocycles. The summed E-state index contributed by atoms with van der Waals surface area (Å²) in [6.45, 7) is 5.96. The molecule has 2 fully saturated rings. The Morgan fingerprint density at radius 2 is 2.21 bits per heavy atom. The van der Waals surface area contributed by atoms with Gasteiger partial charge in [-0.15, -0.1) is 0 Å². The van der Waals surface area contributed by atoms with Crippen LogP contribution in [0.4, 0.5) is 5.69 Å². The Kier molecular flexibility index (Phi) is 4.02. The van der Waals surface area contributed by atoms with E-state index in [0.717, 1.165) is 37.2 Å². The second-order valence-corrected chi connectivity index (χ2v) is 8.37. The van der Waals surface area contributed by atoms with Crippen LogP contribution in [0.25, 0.3) is 0 Å². The fraction of sp³-hybridized carbons (Fsp3) is 0.545. The standard InChI is InChI=1S/C22H26N2O4/c1-3-27-20(25)16-12-28-13(2)15-11-24-9-8-22(19(24)10-14(15)16)17-6-4-5-7-18(17)23-21(22)26/h4-7,12-15,19H,3,8-11H2,1-2H3,(H,23,26)/t13-,14-,15+,19-,22-/m0/s1. The number of ether oxygens (including phenoxy) is 2. The molecule has 0 unspecified atom stereocenters. The maximum atomic E-state index is 13.2. The van der Waals surface area contributed by atoms with E-state index in [1.807, 2.05) is 25.1 Å². The molecule has 6 nitrogen and oxygen atoms in total. The van der Waals surface area contributed by atoms with E-state index in [0.29, 0.717) is 12.2 Å². The average molecular weight is 382 g/mol. The molecule has 1 N–H and O–H groups in total. The van der Waals surface area contributed by atoms with E-state index in [9.17, 15) is 9.59 Å². The van der Waals surface area contributed by atoms with E-state index < -0.39 is 5.41 Å². The number of benzene rings is 1. The molecule has 0 saturated carbocycles. The Morgan fingerprint density at radius 1 is 1.39 bits per heavy atom. The lowest BCUT2D eigenvalue weighted by molar-refractivity contribution is -0.141. The van der Waals surface area contributed by atoms with Crippen LogP contribution in [-0.2, 0) is 24.5 Å². The smallest absolute Gasteiger partial charge is 0.337 e. The predicted molar refractivity (Wildman–Crippen MR) is 104 cm³/mol. The van der Waals surface area contributed by atoms with Crippen LogP contribution < -0.4 is 5.32 Å². The van der Waals surface area contributed by atoms with Crippen LogP contribution in [0, 0.1) is 11.8 Å². The van der Waals surface area contributed by atoms with Crippen molar-refractivity contribution in [3.63, 3.8) is 0 Å². The molecule has 4 aliphatic rings. The highest BCUT2D eigenvalue weighted by Crippen LogP contribution is 2.53. The van der Waals surface area contributed by atoms with Crippen molar-refractivity contribution in [3.05, 3.63) is 41.7 Å². The van der Waals surface area contributed by atoms with Gasteiger partial charge in [0.15, 0.2) is 0 Å². The topological polar surface area (TPSA) is 67.9 Å². The minimum atomic E-state index is -0.525. The summed E-state index contributed by atoms with van der Waals surface area (Å²) in [5.41, 5.74) is 2.13. The van der Waals surface area contributed by atoms with Gasteiger partial charge in [-0.2, -0.15) is 0 Å². The quantitative estimate of drug-likeness (QED) is 0.796. The lowest BCUT2D eigenvalue weighted by atomic mass is 9.66. The van der Waals surface area contributed by atoms with Gasteiger partial charge in [0.1, 0.15) is 0 Å². The molecule has 5 atom stereocenters. The van der Waals surface area contributed by atoms with Gasteiger partial charge in [0.25, 0.3) is 0 Å². The van der Waals surface area contributed by atoms with Gasteiger partial charge in [-0.25, -0.2) is 4.79 Å². The van der Waals surface area contributed by atoms with Gasteiger partial charge in [0, 0.05) is 30.1 Å². The Hall–Kier alpha value is -2.34. The first-order chi connectivity index (χ1) is 13.6. The molecule has 0 radical (unpaired) electrons. The van der Waals surface area contributed by atoms with E-state index in [-0.39, 0.29) is 35.9 Å². The Balaban J connectivity index is 1.53. The molecular weight excluding hydrogens is 356 g/mol. The highest BCUT2D eigenvalue weighted by atomic mass is 16.5. The number of hydrogen-bond donors (Lipinski definition) is 1. The number of fused-ring (bicyclic) bond motifs is 5. The third-order valence-electron chi connectivity index (χ3n) is 7.23. The molecule has 0 bridgehead atoms. The number of anilines is 1. The zero-order valence-corrected chi connectivity index (χ0v) is 16.3. The van der Waals surface area contributed by atoms with E-state index in [1.165, 1.54) is 0 Å². The average Bonchev–Trinajstić information content (AvgIpc) is 3.20. The number of amides is 1. The lowest BCUT2D eigenvalue weighted by Crippen LogP contribution is -2.56. The molecule has 6 heteroatoms. The minimum Gasteiger partial charge on any atom is -0.497 e. The molecule has 2 saturated heterocycles. The fourth-order valence-electron chi connectivity index (χ4n) is 5.87. The third kappa shape index (κ3) is 2.30. The van der Waals surface area contributed by atoms with Gasteiger partial charge >= 0.3 is 5.97 Å². The molecule has 5 rings (SSSR count). The van der Waals surface area contributed by atoms with Crippen LogP contribution in [0.15, 0.2) is 36.1 Å². The van der Waals surface area contributed by atoms with Gasteiger partial charge in [-0.1, -0.05) is 18.2 Å². The zero-order valence-electron chi connectivity index (χ0n) is 16.3. The summed E-state index contributed by atoms with van der Waals surface area (Å²) < 4.78 is 11.1. The molecule has 1 spiro atoms. The highest BCUT2D eigenvalue weighted by molar-refractivity contribution is 6.07. The minimum absolute atomic E-state index is 0.0466. The maximum Gasteiger partial charge on any atom is 0.337 e. The third-order valence-corrected chi connectivity index (χ3v) is 7.23. The predicted octanol–water partition coefficient (Wildman–Crippen LogP) is 2.45. The summed E-state index contributed by atoms with van der Waals surface area (Å²) in [6, 6.07) is 8.12. The van der Waals surface area contributed by atoms with Crippen LogP contribution in [0.2, 0.25) is 0 Å². The van der Waals surface area contributed by atoms with E-state index >= 15 is 0 Å². The van der Waals surface area contributed by atoms with E-state index in [4.69, 9.17) is 9.47 Å². The summed E-state index contributed by atoms with van der Waals surface area (Å²) in [4.78, 5) is 28.2. The zero-order chi connectivity index (χ0) is 19.5. The van der Waals surface area contributed by atoms with Crippen molar-refractivity contribution >= 4 is 17.6 Å². The molecule has 148 valence electrons. The SMILES string of the molecule is CCOC(=O)C1=CO[C@@H](C)[C@H]2CN3CC[C@@]4(C(=O)Nc5ccccc54)[C@@H]3C[C@H]12. The number of rotatable bonds is 2. The number of piperidine rings is 1. The number of carbonyl (C=O) groups is 2. The molecule has 1 aromatic rings. The van der Waals surface area contributed by atoms with Crippen molar-refractivity contribution in [2.75, 3.05) is 25.0 Å². The van der Waals surface area contributed by atoms with Gasteiger partial charge in [0.05, 0.1) is 30.0 Å². The van der Waals surface area contributed by atoms with Gasteiger partial charge in [-0.3, -0.25) is 9.69 Å². The maximum absolute atomic E-state index is 13.2. The van der Waals surface area contributed by atoms with Crippen LogP contribution in [0.1, 0.15) is 32.3 Å². The van der Waals surface area contributed by atoms with Gasteiger partial charge in [0.2, 0.25) is 5.91 Å². The van der Waals surface area contributed by atoms with Gasteiger partial charge < -0.3 is 14.8 Å². The lowest BCUT2D eigenvalue weighted by Gasteiger charge is -2.48. The number of para-hydroxylation sites is 1. The summed E-state index contributed by atoms with van der Waals surface area (Å²) in [5.74, 6) is 0.0951. The number of carbonyl (C=O) groups excluding carboxylic acids is 2. The second-order valence-electron chi connectivity index (χ2n) is 8.37. The largest absolute Gasteiger partial charge is 0.497 e. The molecule has 28 heavy (non-hydrogen) atoms. The van der Waals surface area contributed by atoms with Crippen molar-refractivity contribution in [3.8, 4) is 0 Å². The van der Waals surface area contributed by atoms with E-state index in [1.54, 1.807) is 6.26 Å². The van der Waals surface area contributed by atoms with Crippen molar-refractivity contribution in [2.45, 2.75) is 44.2 Å². The van der Waals surface area contributed by atoms with Crippen molar-refractivity contribution in [2.24, 2.45) is 11.8 Å². The monoisotopic (exact) mass is 382 g/mol. The van der Waals surface area contributed by atoms with Crippen molar-refractivity contribution in [1.29, 1.82) is 0 Å².